The lowest BCUT2D eigenvalue weighted by atomic mass is 9.78. The quantitative estimate of drug-likeness (QED) is 0.464. The molecule has 3 atom stereocenters. The summed E-state index contributed by atoms with van der Waals surface area (Å²) in [7, 11) is 4.36. The topological polar surface area (TPSA) is 85.4 Å². The number of halogens is 1. The highest BCUT2D eigenvalue weighted by Gasteiger charge is 2.53. The van der Waals surface area contributed by atoms with Crippen molar-refractivity contribution in [1.82, 2.24) is 9.80 Å². The zero-order chi connectivity index (χ0) is 24.9. The fourth-order valence-electron chi connectivity index (χ4n) is 5.81. The van der Waals surface area contributed by atoms with Crippen molar-refractivity contribution in [2.24, 2.45) is 0 Å². The van der Waals surface area contributed by atoms with Gasteiger partial charge in [0.2, 0.25) is 11.7 Å². The number of rotatable bonds is 5. The van der Waals surface area contributed by atoms with E-state index in [0.717, 1.165) is 24.0 Å². The number of fused-ring (bicyclic) bond motifs is 6. The predicted molar refractivity (Wildman–Crippen MR) is 128 cm³/mol. The normalized spacial score (nSPS) is 22.7. The van der Waals surface area contributed by atoms with Gasteiger partial charge in [-0.3, -0.25) is 14.4 Å². The van der Waals surface area contributed by atoms with Crippen LogP contribution in [0.1, 0.15) is 46.8 Å². The number of Topliss-reactive ketones (excluding diaryl/α,β-unsaturated/α-hetero) is 1. The van der Waals surface area contributed by atoms with Crippen molar-refractivity contribution in [3.63, 3.8) is 0 Å². The second-order valence-corrected chi connectivity index (χ2v) is 9.48. The van der Waals surface area contributed by atoms with Gasteiger partial charge in [0, 0.05) is 17.1 Å². The Morgan fingerprint density at radius 2 is 1.71 bits per heavy atom. The molecule has 5 rings (SSSR count). The molecule has 3 heterocycles. The van der Waals surface area contributed by atoms with E-state index in [1.165, 1.54) is 38.4 Å². The minimum absolute atomic E-state index is 0.0995. The summed E-state index contributed by atoms with van der Waals surface area (Å²) < 4.78 is 16.0. The standard InChI is InChI=1S/C26H27ClN2O6/c1-33-20-12-15(13-21(34-2)24(20)35-3)23(30)26(32)29-18-5-4-6-19(29)25(31)28-10-9-14-11-16(27)7-8-17(14)22(18)28/h7-8,11-13,18-19,22H,4-6,9-10H2,1-3H3/t18-,19+,22?/m1/s1. The van der Waals surface area contributed by atoms with Gasteiger partial charge in [-0.25, -0.2) is 0 Å². The molecule has 9 heteroatoms. The summed E-state index contributed by atoms with van der Waals surface area (Å²) in [6, 6.07) is 7.40. The Morgan fingerprint density at radius 1 is 1.00 bits per heavy atom. The van der Waals surface area contributed by atoms with Crippen LogP contribution in [0.3, 0.4) is 0 Å². The first-order valence-corrected chi connectivity index (χ1v) is 12.0. The first-order valence-electron chi connectivity index (χ1n) is 11.6. The Hall–Kier alpha value is -3.26. The molecule has 2 fully saturated rings. The van der Waals surface area contributed by atoms with E-state index < -0.39 is 17.7 Å². The van der Waals surface area contributed by atoms with Crippen LogP contribution >= 0.6 is 11.6 Å². The molecule has 2 bridgehead atoms. The van der Waals surface area contributed by atoms with Crippen molar-refractivity contribution < 1.29 is 28.6 Å². The first kappa shape index (κ1) is 23.5. The van der Waals surface area contributed by atoms with E-state index >= 15 is 0 Å². The van der Waals surface area contributed by atoms with E-state index in [1.54, 1.807) is 0 Å². The van der Waals surface area contributed by atoms with Crippen molar-refractivity contribution in [1.29, 1.82) is 0 Å². The van der Waals surface area contributed by atoms with E-state index in [0.29, 0.717) is 30.2 Å². The number of methoxy groups -OCH3 is 3. The fraction of sp³-hybridized carbons (Fsp3) is 0.423. The third-order valence-electron chi connectivity index (χ3n) is 7.34. The number of hydrogen-bond donors (Lipinski definition) is 0. The van der Waals surface area contributed by atoms with Crippen LogP contribution in [-0.4, -0.2) is 67.4 Å². The number of nitrogens with zero attached hydrogens (tertiary/aromatic N) is 2. The summed E-state index contributed by atoms with van der Waals surface area (Å²) in [4.78, 5) is 44.2. The lowest BCUT2D eigenvalue weighted by Crippen LogP contribution is -2.68. The second-order valence-electron chi connectivity index (χ2n) is 9.04. The molecular weight excluding hydrogens is 472 g/mol. The van der Waals surface area contributed by atoms with Crippen LogP contribution in [0.5, 0.6) is 17.2 Å². The van der Waals surface area contributed by atoms with Crippen molar-refractivity contribution in [2.75, 3.05) is 27.9 Å². The number of benzene rings is 2. The van der Waals surface area contributed by atoms with Crippen LogP contribution in [0.4, 0.5) is 0 Å². The van der Waals surface area contributed by atoms with Crippen LogP contribution in [-0.2, 0) is 16.0 Å². The SMILES string of the molecule is COc1cc(C(=O)C(=O)N2[C@@H]3CCC[C@H]2C(=O)N2CCc4cc(Cl)ccc4C32)cc(OC)c1OC. The number of carbonyl (C=O) groups is 3. The molecule has 0 N–H and O–H groups in total. The molecule has 1 unspecified atom stereocenters. The maximum atomic E-state index is 13.7. The molecule has 2 aromatic rings. The number of ketones is 1. The molecule has 0 spiro atoms. The van der Waals surface area contributed by atoms with Gasteiger partial charge in [0.1, 0.15) is 6.04 Å². The molecule has 0 aliphatic carbocycles. The van der Waals surface area contributed by atoms with Crippen LogP contribution < -0.4 is 14.2 Å². The monoisotopic (exact) mass is 498 g/mol. The number of piperazine rings is 1. The van der Waals surface area contributed by atoms with Crippen molar-refractivity contribution >= 4 is 29.2 Å². The van der Waals surface area contributed by atoms with Crippen LogP contribution in [0, 0.1) is 0 Å². The summed E-state index contributed by atoms with van der Waals surface area (Å²) >= 11 is 6.23. The Kier molecular flexibility index (Phi) is 6.09. The molecule has 2 saturated heterocycles. The van der Waals surface area contributed by atoms with Gasteiger partial charge >= 0.3 is 0 Å². The summed E-state index contributed by atoms with van der Waals surface area (Å²) in [5.74, 6) is -0.614. The number of carbonyl (C=O) groups excluding carboxylic acids is 3. The molecular formula is C26H27ClN2O6. The average molecular weight is 499 g/mol. The summed E-state index contributed by atoms with van der Waals surface area (Å²) in [6.45, 7) is 0.576. The van der Waals surface area contributed by atoms with E-state index in [9.17, 15) is 14.4 Å². The van der Waals surface area contributed by atoms with Gasteiger partial charge in [0.05, 0.1) is 33.4 Å². The van der Waals surface area contributed by atoms with E-state index in [4.69, 9.17) is 25.8 Å². The zero-order valence-corrected chi connectivity index (χ0v) is 20.6. The Morgan fingerprint density at radius 3 is 2.37 bits per heavy atom. The molecule has 3 aliphatic rings. The number of ether oxygens (including phenoxy) is 3. The molecule has 2 aromatic carbocycles. The first-order chi connectivity index (χ1) is 16.9. The van der Waals surface area contributed by atoms with Gasteiger partial charge in [0.15, 0.2) is 11.5 Å². The molecule has 0 saturated carbocycles. The lowest BCUT2D eigenvalue weighted by molar-refractivity contribution is -0.164. The van der Waals surface area contributed by atoms with Crippen molar-refractivity contribution in [3.05, 3.63) is 52.0 Å². The maximum absolute atomic E-state index is 13.7. The molecule has 2 amide bonds. The van der Waals surface area contributed by atoms with E-state index in [1.807, 2.05) is 23.1 Å². The van der Waals surface area contributed by atoms with E-state index in [2.05, 4.69) is 0 Å². The largest absolute Gasteiger partial charge is 0.493 e. The highest BCUT2D eigenvalue weighted by Crippen LogP contribution is 2.45. The minimum Gasteiger partial charge on any atom is -0.493 e. The average Bonchev–Trinajstić information content (AvgIpc) is 2.88. The van der Waals surface area contributed by atoms with Gasteiger partial charge in [-0.2, -0.15) is 0 Å². The number of amides is 2. The van der Waals surface area contributed by atoms with Crippen LogP contribution in [0.15, 0.2) is 30.3 Å². The van der Waals surface area contributed by atoms with Crippen LogP contribution in [0.25, 0.3) is 0 Å². The zero-order valence-electron chi connectivity index (χ0n) is 19.9. The maximum Gasteiger partial charge on any atom is 0.295 e. The van der Waals surface area contributed by atoms with Gasteiger partial charge in [-0.15, -0.1) is 0 Å². The lowest BCUT2D eigenvalue weighted by Gasteiger charge is -2.55. The molecule has 0 aromatic heterocycles. The van der Waals surface area contributed by atoms with Gasteiger partial charge in [-0.1, -0.05) is 17.7 Å². The molecule has 0 radical (unpaired) electrons. The predicted octanol–water partition coefficient (Wildman–Crippen LogP) is 3.44. The third kappa shape index (κ3) is 3.71. The smallest absolute Gasteiger partial charge is 0.295 e. The molecule has 8 nitrogen and oxygen atoms in total. The fourth-order valence-corrected chi connectivity index (χ4v) is 6.00. The number of hydrogen-bond acceptors (Lipinski definition) is 6. The Bertz CT molecular complexity index is 1190. The van der Waals surface area contributed by atoms with Gasteiger partial charge < -0.3 is 24.0 Å². The minimum atomic E-state index is -0.713. The van der Waals surface area contributed by atoms with Gasteiger partial charge in [-0.05, 0) is 61.1 Å². The Labute approximate surface area is 208 Å². The van der Waals surface area contributed by atoms with Crippen molar-refractivity contribution in [3.8, 4) is 17.2 Å². The summed E-state index contributed by atoms with van der Waals surface area (Å²) in [5, 5.41) is 0.645. The highest BCUT2D eigenvalue weighted by atomic mass is 35.5. The summed E-state index contributed by atoms with van der Waals surface area (Å²) in [6.07, 6.45) is 2.79. The highest BCUT2D eigenvalue weighted by molar-refractivity contribution is 6.43. The number of piperidine rings is 1. The Balaban J connectivity index is 1.54. The van der Waals surface area contributed by atoms with Crippen molar-refractivity contribution in [2.45, 2.75) is 43.8 Å². The second kappa shape index (κ2) is 9.07. The van der Waals surface area contributed by atoms with Crippen LogP contribution in [0.2, 0.25) is 5.02 Å². The van der Waals surface area contributed by atoms with E-state index in [-0.39, 0.29) is 35.1 Å². The van der Waals surface area contributed by atoms with Gasteiger partial charge in [0.25, 0.3) is 11.7 Å². The molecule has 184 valence electrons. The third-order valence-corrected chi connectivity index (χ3v) is 7.58. The molecule has 35 heavy (non-hydrogen) atoms. The molecule has 3 aliphatic heterocycles. The summed E-state index contributed by atoms with van der Waals surface area (Å²) in [5.41, 5.74) is 2.20.